The van der Waals surface area contributed by atoms with Gasteiger partial charge in [-0.3, -0.25) is 9.59 Å². The molecule has 1 aliphatic rings. The van der Waals surface area contributed by atoms with Crippen LogP contribution in [-0.2, 0) is 4.79 Å². The van der Waals surface area contributed by atoms with Gasteiger partial charge in [-0.25, -0.2) is 4.98 Å². The normalized spacial score (nSPS) is 14.9. The molecule has 1 aromatic carbocycles. The maximum atomic E-state index is 13.1. The maximum absolute atomic E-state index is 13.1. The first-order valence-electron chi connectivity index (χ1n) is 8.71. The SMILES string of the molecule is Cc1ccccc1C(=O)N(CC(=O)Nc1nccs1)C1CCCCC1. The number of carbonyl (C=O) groups is 2. The minimum atomic E-state index is -0.192. The molecular weight excluding hydrogens is 334 g/mol. The topological polar surface area (TPSA) is 62.3 Å². The second-order valence-electron chi connectivity index (χ2n) is 6.43. The molecule has 132 valence electrons. The summed E-state index contributed by atoms with van der Waals surface area (Å²) in [6.45, 7) is 2.00. The minimum absolute atomic E-state index is 0.0562. The van der Waals surface area contributed by atoms with E-state index in [9.17, 15) is 9.59 Å². The highest BCUT2D eigenvalue weighted by Gasteiger charge is 2.28. The highest BCUT2D eigenvalue weighted by molar-refractivity contribution is 7.13. The van der Waals surface area contributed by atoms with Gasteiger partial charge in [-0.1, -0.05) is 37.5 Å². The van der Waals surface area contributed by atoms with Crippen LogP contribution in [0, 0.1) is 6.92 Å². The fourth-order valence-corrected chi connectivity index (χ4v) is 3.87. The van der Waals surface area contributed by atoms with Gasteiger partial charge in [0.15, 0.2) is 5.13 Å². The van der Waals surface area contributed by atoms with Gasteiger partial charge in [0.25, 0.3) is 5.91 Å². The third-order valence-corrected chi connectivity index (χ3v) is 5.33. The Hall–Kier alpha value is -2.21. The van der Waals surface area contributed by atoms with Gasteiger partial charge in [0.2, 0.25) is 5.91 Å². The smallest absolute Gasteiger partial charge is 0.254 e. The molecule has 6 heteroatoms. The predicted octanol–water partition coefficient (Wildman–Crippen LogP) is 3.87. The van der Waals surface area contributed by atoms with Crippen molar-refractivity contribution >= 4 is 28.3 Å². The van der Waals surface area contributed by atoms with Gasteiger partial charge in [0.05, 0.1) is 0 Å². The van der Waals surface area contributed by atoms with Crippen LogP contribution in [-0.4, -0.2) is 34.3 Å². The van der Waals surface area contributed by atoms with Gasteiger partial charge >= 0.3 is 0 Å². The molecule has 0 atom stereocenters. The quantitative estimate of drug-likeness (QED) is 0.884. The van der Waals surface area contributed by atoms with E-state index in [1.54, 1.807) is 11.1 Å². The van der Waals surface area contributed by atoms with Crippen LogP contribution < -0.4 is 5.32 Å². The number of hydrogen-bond donors (Lipinski definition) is 1. The van der Waals surface area contributed by atoms with Gasteiger partial charge in [0, 0.05) is 23.2 Å². The molecule has 0 radical (unpaired) electrons. The summed E-state index contributed by atoms with van der Waals surface area (Å²) in [5, 5.41) is 5.17. The van der Waals surface area contributed by atoms with E-state index < -0.39 is 0 Å². The highest BCUT2D eigenvalue weighted by atomic mass is 32.1. The van der Waals surface area contributed by atoms with Crippen molar-refractivity contribution in [3.8, 4) is 0 Å². The number of nitrogens with one attached hydrogen (secondary N) is 1. The summed E-state index contributed by atoms with van der Waals surface area (Å²) in [6.07, 6.45) is 6.99. The van der Waals surface area contributed by atoms with Gasteiger partial charge in [-0.15, -0.1) is 11.3 Å². The number of aromatic nitrogens is 1. The molecule has 0 unspecified atom stereocenters. The van der Waals surface area contributed by atoms with E-state index in [-0.39, 0.29) is 24.4 Å². The molecule has 1 aliphatic carbocycles. The van der Waals surface area contributed by atoms with E-state index in [4.69, 9.17) is 0 Å². The monoisotopic (exact) mass is 357 g/mol. The van der Waals surface area contributed by atoms with Crippen LogP contribution >= 0.6 is 11.3 Å². The fourth-order valence-electron chi connectivity index (χ4n) is 3.33. The number of amides is 2. The molecule has 1 saturated carbocycles. The number of carbonyl (C=O) groups excluding carboxylic acids is 2. The number of rotatable bonds is 5. The summed E-state index contributed by atoms with van der Waals surface area (Å²) >= 11 is 1.37. The number of nitrogens with zero attached hydrogens (tertiary/aromatic N) is 2. The van der Waals surface area contributed by atoms with Crippen LogP contribution in [0.25, 0.3) is 0 Å². The maximum Gasteiger partial charge on any atom is 0.254 e. The molecular formula is C19H23N3O2S. The average Bonchev–Trinajstić information content (AvgIpc) is 3.13. The molecule has 1 fully saturated rings. The molecule has 0 aliphatic heterocycles. The van der Waals surface area contributed by atoms with Gasteiger partial charge < -0.3 is 10.2 Å². The number of benzene rings is 1. The second kappa shape index (κ2) is 8.25. The zero-order valence-electron chi connectivity index (χ0n) is 14.4. The van der Waals surface area contributed by atoms with Crippen LogP contribution in [0.4, 0.5) is 5.13 Å². The van der Waals surface area contributed by atoms with Crippen LogP contribution in [0.3, 0.4) is 0 Å². The lowest BCUT2D eigenvalue weighted by Crippen LogP contribution is -2.45. The average molecular weight is 357 g/mol. The van der Waals surface area contributed by atoms with Crippen molar-refractivity contribution in [1.82, 2.24) is 9.88 Å². The Morgan fingerprint density at radius 2 is 2.00 bits per heavy atom. The Bertz CT molecular complexity index is 724. The van der Waals surface area contributed by atoms with E-state index >= 15 is 0 Å². The molecule has 0 spiro atoms. The predicted molar refractivity (Wildman–Crippen MR) is 99.8 cm³/mol. The summed E-state index contributed by atoms with van der Waals surface area (Å²) in [7, 11) is 0. The summed E-state index contributed by atoms with van der Waals surface area (Å²) < 4.78 is 0. The van der Waals surface area contributed by atoms with Gasteiger partial charge in [0.1, 0.15) is 6.54 Å². The number of aryl methyl sites for hydroxylation is 1. The van der Waals surface area contributed by atoms with Crippen LogP contribution in [0.15, 0.2) is 35.8 Å². The van der Waals surface area contributed by atoms with Crippen LogP contribution in [0.1, 0.15) is 48.0 Å². The molecule has 2 aromatic rings. The Labute approximate surface area is 152 Å². The number of hydrogen-bond acceptors (Lipinski definition) is 4. The largest absolute Gasteiger partial charge is 0.326 e. The lowest BCUT2D eigenvalue weighted by molar-refractivity contribution is -0.117. The lowest BCUT2D eigenvalue weighted by Gasteiger charge is -2.34. The Morgan fingerprint density at radius 3 is 2.68 bits per heavy atom. The third kappa shape index (κ3) is 4.45. The number of anilines is 1. The second-order valence-corrected chi connectivity index (χ2v) is 7.32. The molecule has 0 saturated heterocycles. The molecule has 5 nitrogen and oxygen atoms in total. The van der Waals surface area contributed by atoms with E-state index in [1.807, 2.05) is 36.6 Å². The fraction of sp³-hybridized carbons (Fsp3) is 0.421. The Balaban J connectivity index is 1.78. The molecule has 25 heavy (non-hydrogen) atoms. The standard InChI is InChI=1S/C19H23N3O2S/c1-14-7-5-6-10-16(14)18(24)22(15-8-3-2-4-9-15)13-17(23)21-19-20-11-12-25-19/h5-7,10-12,15H,2-4,8-9,13H2,1H3,(H,20,21,23). The first kappa shape index (κ1) is 17.6. The van der Waals surface area contributed by atoms with Crippen molar-refractivity contribution in [2.75, 3.05) is 11.9 Å². The molecule has 2 amide bonds. The van der Waals surface area contributed by atoms with Crippen molar-refractivity contribution in [3.05, 3.63) is 47.0 Å². The summed E-state index contributed by atoms with van der Waals surface area (Å²) in [5.74, 6) is -0.248. The Kier molecular flexibility index (Phi) is 5.81. The van der Waals surface area contributed by atoms with Crippen molar-refractivity contribution in [2.45, 2.75) is 45.1 Å². The van der Waals surface area contributed by atoms with Gasteiger partial charge in [-0.2, -0.15) is 0 Å². The number of thiazole rings is 1. The van der Waals surface area contributed by atoms with Crippen molar-refractivity contribution in [1.29, 1.82) is 0 Å². The van der Waals surface area contributed by atoms with Crippen molar-refractivity contribution in [2.24, 2.45) is 0 Å². The van der Waals surface area contributed by atoms with E-state index in [1.165, 1.54) is 17.8 Å². The molecule has 1 N–H and O–H groups in total. The lowest BCUT2D eigenvalue weighted by atomic mass is 9.93. The van der Waals surface area contributed by atoms with E-state index in [0.29, 0.717) is 10.7 Å². The molecule has 3 rings (SSSR count). The minimum Gasteiger partial charge on any atom is -0.326 e. The van der Waals surface area contributed by atoms with Crippen molar-refractivity contribution in [3.63, 3.8) is 0 Å². The van der Waals surface area contributed by atoms with E-state index in [0.717, 1.165) is 31.2 Å². The summed E-state index contributed by atoms with van der Waals surface area (Å²) in [5.41, 5.74) is 1.61. The van der Waals surface area contributed by atoms with Crippen LogP contribution in [0.5, 0.6) is 0 Å². The molecule has 1 aromatic heterocycles. The zero-order chi connectivity index (χ0) is 17.6. The summed E-state index contributed by atoms with van der Waals surface area (Å²) in [4.78, 5) is 31.4. The molecule has 0 bridgehead atoms. The molecule has 1 heterocycles. The first-order chi connectivity index (χ1) is 12.1. The van der Waals surface area contributed by atoms with Crippen LogP contribution in [0.2, 0.25) is 0 Å². The van der Waals surface area contributed by atoms with Crippen molar-refractivity contribution < 1.29 is 9.59 Å². The van der Waals surface area contributed by atoms with Gasteiger partial charge in [-0.05, 0) is 31.4 Å². The zero-order valence-corrected chi connectivity index (χ0v) is 15.2. The third-order valence-electron chi connectivity index (χ3n) is 4.64. The summed E-state index contributed by atoms with van der Waals surface area (Å²) in [6, 6.07) is 7.69. The van der Waals surface area contributed by atoms with E-state index in [2.05, 4.69) is 10.3 Å². The Morgan fingerprint density at radius 1 is 1.24 bits per heavy atom. The first-order valence-corrected chi connectivity index (χ1v) is 9.59. The highest BCUT2D eigenvalue weighted by Crippen LogP contribution is 2.25.